The van der Waals surface area contributed by atoms with Gasteiger partial charge in [0.2, 0.25) is 0 Å². The molecule has 1 heterocycles. The van der Waals surface area contributed by atoms with Crippen LogP contribution < -0.4 is 5.32 Å². The monoisotopic (exact) mass is 331 g/mol. The van der Waals surface area contributed by atoms with Crippen LogP contribution in [0.2, 0.25) is 0 Å². The maximum absolute atomic E-state index is 11.9. The molecule has 0 saturated carbocycles. The Bertz CT molecular complexity index is 680. The first kappa shape index (κ1) is 16.9. The highest BCUT2D eigenvalue weighted by Gasteiger charge is 2.08. The van der Waals surface area contributed by atoms with Crippen LogP contribution in [0.15, 0.2) is 64.1 Å². The highest BCUT2D eigenvalue weighted by Crippen LogP contribution is 2.22. The first-order valence-corrected chi connectivity index (χ1v) is 8.08. The number of carbonyl (C=O) groups is 2. The van der Waals surface area contributed by atoms with Crippen LogP contribution in [0.3, 0.4) is 0 Å². The summed E-state index contributed by atoms with van der Waals surface area (Å²) in [5.74, 6) is 0.265. The summed E-state index contributed by atoms with van der Waals surface area (Å²) < 4.78 is 9.85. The summed E-state index contributed by atoms with van der Waals surface area (Å²) in [6, 6.07) is 10.7. The molecule has 0 fully saturated rings. The maximum Gasteiger partial charge on any atom is 0.330 e. The van der Waals surface area contributed by atoms with Gasteiger partial charge in [-0.25, -0.2) is 4.79 Å². The predicted molar refractivity (Wildman–Crippen MR) is 89.6 cm³/mol. The van der Waals surface area contributed by atoms with Crippen molar-refractivity contribution in [3.8, 4) is 0 Å². The third-order valence-corrected chi connectivity index (χ3v) is 3.67. The molecule has 1 N–H and O–H groups in total. The lowest BCUT2D eigenvalue weighted by Gasteiger charge is -2.05. The van der Waals surface area contributed by atoms with Crippen LogP contribution in [0.4, 0.5) is 5.69 Å². The number of thioether (sulfide) groups is 1. The van der Waals surface area contributed by atoms with E-state index in [0.29, 0.717) is 18.0 Å². The third kappa shape index (κ3) is 5.67. The van der Waals surface area contributed by atoms with Crippen molar-refractivity contribution in [3.63, 3.8) is 0 Å². The molecule has 5 nitrogen and oxygen atoms in total. The molecule has 0 aliphatic carbocycles. The van der Waals surface area contributed by atoms with Gasteiger partial charge in [0.1, 0.15) is 0 Å². The molecule has 6 heteroatoms. The van der Waals surface area contributed by atoms with Gasteiger partial charge in [0, 0.05) is 22.4 Å². The van der Waals surface area contributed by atoms with Crippen LogP contribution in [-0.4, -0.2) is 24.2 Å². The summed E-state index contributed by atoms with van der Waals surface area (Å²) in [4.78, 5) is 24.1. The van der Waals surface area contributed by atoms with Crippen LogP contribution in [-0.2, 0) is 9.53 Å². The largest absolute Gasteiger partial charge is 0.463 e. The number of furan rings is 1. The van der Waals surface area contributed by atoms with E-state index in [-0.39, 0.29) is 17.6 Å². The average molecular weight is 331 g/mol. The molecule has 1 aromatic heterocycles. The smallest absolute Gasteiger partial charge is 0.330 e. The van der Waals surface area contributed by atoms with E-state index in [1.54, 1.807) is 43.0 Å². The number of hydrogen-bond acceptors (Lipinski definition) is 5. The Balaban J connectivity index is 1.87. The number of amides is 1. The Labute approximate surface area is 138 Å². The standard InChI is InChI=1S/C17H17NO4S/c1-2-21-16(19)9-5-11-23-14-7-3-6-13(12-14)18-17(20)15-8-4-10-22-15/h3-10,12H,2,11H2,1H3,(H,18,20)/b9-5+. The van der Waals surface area contributed by atoms with Gasteiger partial charge in [0.15, 0.2) is 5.76 Å². The summed E-state index contributed by atoms with van der Waals surface area (Å²) in [6.45, 7) is 2.14. The lowest BCUT2D eigenvalue weighted by Crippen LogP contribution is -2.10. The first-order valence-electron chi connectivity index (χ1n) is 7.10. The summed E-state index contributed by atoms with van der Waals surface area (Å²) in [5.41, 5.74) is 0.686. The fourth-order valence-corrected chi connectivity index (χ4v) is 2.51. The van der Waals surface area contributed by atoms with E-state index in [4.69, 9.17) is 9.15 Å². The van der Waals surface area contributed by atoms with Crippen LogP contribution in [0.5, 0.6) is 0 Å². The number of hydrogen-bond donors (Lipinski definition) is 1. The lowest BCUT2D eigenvalue weighted by atomic mass is 10.3. The second-order valence-electron chi connectivity index (χ2n) is 4.42. The van der Waals surface area contributed by atoms with Gasteiger partial charge < -0.3 is 14.5 Å². The first-order chi connectivity index (χ1) is 11.2. The number of nitrogens with one attached hydrogen (secondary N) is 1. The van der Waals surface area contributed by atoms with Crippen LogP contribution >= 0.6 is 11.8 Å². The van der Waals surface area contributed by atoms with E-state index in [1.165, 1.54) is 12.3 Å². The Morgan fingerprint density at radius 2 is 2.17 bits per heavy atom. The number of ether oxygens (including phenoxy) is 1. The molecule has 2 aromatic rings. The second kappa shape index (κ2) is 8.85. The van der Waals surface area contributed by atoms with Crippen molar-refractivity contribution in [1.82, 2.24) is 0 Å². The molecular weight excluding hydrogens is 314 g/mol. The van der Waals surface area contributed by atoms with Crippen LogP contribution in [0.25, 0.3) is 0 Å². The van der Waals surface area contributed by atoms with Crippen molar-refractivity contribution in [2.45, 2.75) is 11.8 Å². The molecule has 1 aromatic carbocycles. The summed E-state index contributed by atoms with van der Waals surface area (Å²) in [6.07, 6.45) is 4.62. The van der Waals surface area contributed by atoms with Crippen molar-refractivity contribution in [2.75, 3.05) is 17.7 Å². The summed E-state index contributed by atoms with van der Waals surface area (Å²) in [5, 5.41) is 2.77. The molecule has 0 saturated heterocycles. The topological polar surface area (TPSA) is 68.5 Å². The fourth-order valence-electron chi connectivity index (χ4n) is 1.74. The maximum atomic E-state index is 11.9. The predicted octanol–water partition coefficient (Wildman–Crippen LogP) is 3.74. The van der Waals surface area contributed by atoms with Crippen molar-refractivity contribution in [2.24, 2.45) is 0 Å². The number of esters is 1. The number of carbonyl (C=O) groups excluding carboxylic acids is 2. The van der Waals surface area contributed by atoms with Crippen molar-refractivity contribution in [1.29, 1.82) is 0 Å². The fraction of sp³-hybridized carbons (Fsp3) is 0.176. The van der Waals surface area contributed by atoms with Gasteiger partial charge in [-0.2, -0.15) is 0 Å². The molecule has 0 aliphatic rings. The Hall–Kier alpha value is -2.47. The Kier molecular flexibility index (Phi) is 6.50. The minimum Gasteiger partial charge on any atom is -0.463 e. The normalized spacial score (nSPS) is 10.7. The average Bonchev–Trinajstić information content (AvgIpc) is 3.07. The molecule has 0 aliphatic heterocycles. The lowest BCUT2D eigenvalue weighted by molar-refractivity contribution is -0.137. The molecule has 23 heavy (non-hydrogen) atoms. The highest BCUT2D eigenvalue weighted by atomic mass is 32.2. The van der Waals surface area contributed by atoms with Crippen molar-refractivity contribution in [3.05, 3.63) is 60.6 Å². The zero-order valence-electron chi connectivity index (χ0n) is 12.7. The molecule has 0 atom stereocenters. The van der Waals surface area contributed by atoms with E-state index < -0.39 is 0 Å². The molecule has 0 unspecified atom stereocenters. The molecule has 0 bridgehead atoms. The van der Waals surface area contributed by atoms with Gasteiger partial charge in [-0.15, -0.1) is 11.8 Å². The van der Waals surface area contributed by atoms with Gasteiger partial charge >= 0.3 is 5.97 Å². The van der Waals surface area contributed by atoms with Gasteiger partial charge in [0.25, 0.3) is 5.91 Å². The molecule has 0 radical (unpaired) electrons. The van der Waals surface area contributed by atoms with E-state index in [1.807, 2.05) is 18.2 Å². The minimum atomic E-state index is -0.340. The van der Waals surface area contributed by atoms with Crippen molar-refractivity contribution >= 4 is 29.3 Å². The molecule has 1 amide bonds. The van der Waals surface area contributed by atoms with Crippen LogP contribution in [0, 0.1) is 0 Å². The SMILES string of the molecule is CCOC(=O)/C=C/CSc1cccc(NC(=O)c2ccco2)c1. The van der Waals surface area contributed by atoms with Gasteiger partial charge in [0.05, 0.1) is 12.9 Å². The van der Waals surface area contributed by atoms with Crippen LogP contribution in [0.1, 0.15) is 17.5 Å². The molecule has 0 spiro atoms. The summed E-state index contributed by atoms with van der Waals surface area (Å²) in [7, 11) is 0. The van der Waals surface area contributed by atoms with E-state index in [0.717, 1.165) is 4.90 Å². The Morgan fingerprint density at radius 3 is 2.91 bits per heavy atom. The number of benzene rings is 1. The number of rotatable bonds is 7. The van der Waals surface area contributed by atoms with E-state index in [9.17, 15) is 9.59 Å². The molecule has 120 valence electrons. The van der Waals surface area contributed by atoms with E-state index >= 15 is 0 Å². The zero-order valence-corrected chi connectivity index (χ0v) is 13.5. The number of anilines is 1. The van der Waals surface area contributed by atoms with Gasteiger partial charge in [-0.3, -0.25) is 4.79 Å². The Morgan fingerprint density at radius 1 is 1.30 bits per heavy atom. The summed E-state index contributed by atoms with van der Waals surface area (Å²) >= 11 is 1.55. The quantitative estimate of drug-likeness (QED) is 0.475. The van der Waals surface area contributed by atoms with Gasteiger partial charge in [-0.1, -0.05) is 12.1 Å². The van der Waals surface area contributed by atoms with E-state index in [2.05, 4.69) is 5.32 Å². The second-order valence-corrected chi connectivity index (χ2v) is 5.52. The van der Waals surface area contributed by atoms with Crippen molar-refractivity contribution < 1.29 is 18.7 Å². The minimum absolute atomic E-state index is 0.264. The molecule has 2 rings (SSSR count). The zero-order chi connectivity index (χ0) is 16.5. The molecular formula is C17H17NO4S. The highest BCUT2D eigenvalue weighted by molar-refractivity contribution is 7.99. The third-order valence-electron chi connectivity index (χ3n) is 2.72. The van der Waals surface area contributed by atoms with Gasteiger partial charge in [-0.05, 0) is 37.3 Å².